The number of nitrogens with zero attached hydrogens (tertiary/aromatic N) is 3. The van der Waals surface area contributed by atoms with Crippen LogP contribution in [0.2, 0.25) is 0 Å². The molecule has 5 heteroatoms. The van der Waals surface area contributed by atoms with Crippen LogP contribution in [0.3, 0.4) is 0 Å². The van der Waals surface area contributed by atoms with Gasteiger partial charge in [-0.3, -0.25) is 4.79 Å². The van der Waals surface area contributed by atoms with Gasteiger partial charge < -0.3 is 10.2 Å². The molecule has 1 N–H and O–H groups in total. The molecule has 2 heterocycles. The van der Waals surface area contributed by atoms with E-state index in [2.05, 4.69) is 16.4 Å². The molecule has 1 unspecified atom stereocenters. The number of carbonyl (C=O) groups excluding carboxylic acids is 1. The first-order valence-corrected chi connectivity index (χ1v) is 6.63. The van der Waals surface area contributed by atoms with Gasteiger partial charge in [0.05, 0.1) is 5.56 Å². The molecule has 5 nitrogen and oxygen atoms in total. The van der Waals surface area contributed by atoms with Crippen molar-refractivity contribution >= 4 is 11.7 Å². The first-order chi connectivity index (χ1) is 9.22. The van der Waals surface area contributed by atoms with Crippen molar-refractivity contribution in [3.05, 3.63) is 23.9 Å². The summed E-state index contributed by atoms with van der Waals surface area (Å²) in [5.74, 6) is 0.553. The molecule has 100 valence electrons. The molecule has 19 heavy (non-hydrogen) atoms. The number of piperidine rings is 1. The maximum Gasteiger partial charge on any atom is 0.244 e. The minimum Gasteiger partial charge on any atom is -0.358 e. The second kappa shape index (κ2) is 6.19. The van der Waals surface area contributed by atoms with E-state index in [0.29, 0.717) is 11.4 Å². The van der Waals surface area contributed by atoms with E-state index >= 15 is 0 Å². The van der Waals surface area contributed by atoms with E-state index in [1.807, 2.05) is 11.8 Å². The number of hydrogen-bond acceptors (Lipinski definition) is 4. The van der Waals surface area contributed by atoms with Crippen molar-refractivity contribution in [2.75, 3.05) is 18.4 Å². The summed E-state index contributed by atoms with van der Waals surface area (Å²) in [5.41, 5.74) is 0.459. The lowest BCUT2D eigenvalue weighted by Crippen LogP contribution is -2.44. The van der Waals surface area contributed by atoms with Gasteiger partial charge in [-0.05, 0) is 38.3 Å². The maximum absolute atomic E-state index is 12.3. The third-order valence-corrected chi connectivity index (χ3v) is 3.32. The molecular weight excluding hydrogens is 240 g/mol. The summed E-state index contributed by atoms with van der Waals surface area (Å²) in [4.78, 5) is 18.3. The molecule has 1 atom stereocenters. The molecule has 1 aliphatic rings. The largest absolute Gasteiger partial charge is 0.358 e. The Bertz CT molecular complexity index is 488. The number of aromatic nitrogens is 1. The van der Waals surface area contributed by atoms with E-state index in [-0.39, 0.29) is 11.9 Å². The summed E-state index contributed by atoms with van der Waals surface area (Å²) in [6.45, 7) is 3.48. The van der Waals surface area contributed by atoms with Crippen LogP contribution in [-0.4, -0.2) is 34.9 Å². The first-order valence-electron chi connectivity index (χ1n) is 6.63. The second-order valence-electron chi connectivity index (χ2n) is 4.76. The molecule has 0 bridgehead atoms. The summed E-state index contributed by atoms with van der Waals surface area (Å²) in [7, 11) is 0. The molecule has 0 aliphatic carbocycles. The Labute approximate surface area is 113 Å². The lowest BCUT2D eigenvalue weighted by Gasteiger charge is -2.29. The van der Waals surface area contributed by atoms with Crippen molar-refractivity contribution in [3.63, 3.8) is 0 Å². The zero-order chi connectivity index (χ0) is 13.7. The third-order valence-electron chi connectivity index (χ3n) is 3.32. The van der Waals surface area contributed by atoms with Crippen LogP contribution in [0.1, 0.15) is 31.7 Å². The van der Waals surface area contributed by atoms with Gasteiger partial charge in [0.1, 0.15) is 17.9 Å². The first kappa shape index (κ1) is 13.3. The van der Waals surface area contributed by atoms with Gasteiger partial charge in [-0.1, -0.05) is 0 Å². The Kier molecular flexibility index (Phi) is 4.35. The molecule has 1 saturated heterocycles. The molecule has 1 fully saturated rings. The predicted octanol–water partition coefficient (Wildman–Crippen LogP) is 1.77. The number of nitriles is 1. The van der Waals surface area contributed by atoms with E-state index in [1.54, 1.807) is 18.3 Å². The Morgan fingerprint density at radius 1 is 1.47 bits per heavy atom. The summed E-state index contributed by atoms with van der Waals surface area (Å²) in [6, 6.07) is 5.11. The molecule has 1 amide bonds. The van der Waals surface area contributed by atoms with Crippen LogP contribution in [0.25, 0.3) is 0 Å². The number of rotatable bonds is 3. The van der Waals surface area contributed by atoms with Crippen molar-refractivity contribution in [2.24, 2.45) is 0 Å². The second-order valence-corrected chi connectivity index (χ2v) is 4.76. The number of hydrogen-bond donors (Lipinski definition) is 1. The smallest absolute Gasteiger partial charge is 0.244 e. The highest BCUT2D eigenvalue weighted by atomic mass is 16.2. The minimum atomic E-state index is -0.361. The topological polar surface area (TPSA) is 69.0 Å². The summed E-state index contributed by atoms with van der Waals surface area (Å²) >= 11 is 0. The molecule has 1 aliphatic heterocycles. The van der Waals surface area contributed by atoms with Gasteiger partial charge in [-0.15, -0.1) is 0 Å². The van der Waals surface area contributed by atoms with Crippen molar-refractivity contribution in [1.82, 2.24) is 9.88 Å². The van der Waals surface area contributed by atoms with Crippen molar-refractivity contribution in [2.45, 2.75) is 32.2 Å². The molecule has 2 rings (SSSR count). The fourth-order valence-electron chi connectivity index (χ4n) is 2.27. The van der Waals surface area contributed by atoms with Crippen molar-refractivity contribution < 1.29 is 4.79 Å². The van der Waals surface area contributed by atoms with Gasteiger partial charge in [0.25, 0.3) is 0 Å². The zero-order valence-corrected chi connectivity index (χ0v) is 11.1. The summed E-state index contributed by atoms with van der Waals surface area (Å²) in [6.07, 6.45) is 4.96. The van der Waals surface area contributed by atoms with E-state index < -0.39 is 0 Å². The van der Waals surface area contributed by atoms with Crippen LogP contribution < -0.4 is 5.32 Å². The summed E-state index contributed by atoms with van der Waals surface area (Å²) < 4.78 is 0. The number of nitrogens with one attached hydrogen (secondary N) is 1. The molecule has 1 aromatic rings. The number of anilines is 1. The normalized spacial score (nSPS) is 16.5. The predicted molar refractivity (Wildman–Crippen MR) is 72.5 cm³/mol. The van der Waals surface area contributed by atoms with Crippen LogP contribution in [0.15, 0.2) is 18.3 Å². The highest BCUT2D eigenvalue weighted by Crippen LogP contribution is 2.14. The minimum absolute atomic E-state index is 0.0780. The molecule has 0 spiro atoms. The Hall–Kier alpha value is -2.09. The van der Waals surface area contributed by atoms with Crippen LogP contribution in [0, 0.1) is 11.3 Å². The third kappa shape index (κ3) is 3.22. The van der Waals surface area contributed by atoms with Crippen molar-refractivity contribution in [1.29, 1.82) is 5.26 Å². The molecule has 0 radical (unpaired) electrons. The molecule has 0 aromatic carbocycles. The maximum atomic E-state index is 12.3. The van der Waals surface area contributed by atoms with Gasteiger partial charge in [-0.2, -0.15) is 5.26 Å². The van der Waals surface area contributed by atoms with Crippen LogP contribution in [-0.2, 0) is 4.79 Å². The summed E-state index contributed by atoms with van der Waals surface area (Å²) in [5, 5.41) is 12.0. The lowest BCUT2D eigenvalue weighted by atomic mass is 10.1. The number of amides is 1. The fraction of sp³-hybridized carbons (Fsp3) is 0.500. The molecule has 1 aromatic heterocycles. The van der Waals surface area contributed by atoms with E-state index in [4.69, 9.17) is 5.26 Å². The van der Waals surface area contributed by atoms with E-state index in [9.17, 15) is 4.79 Å². The number of likely N-dealkylation sites (tertiary alicyclic amines) is 1. The Balaban J connectivity index is 2.02. The van der Waals surface area contributed by atoms with Crippen LogP contribution in [0.5, 0.6) is 0 Å². The highest BCUT2D eigenvalue weighted by Gasteiger charge is 2.22. The monoisotopic (exact) mass is 258 g/mol. The van der Waals surface area contributed by atoms with Gasteiger partial charge in [-0.25, -0.2) is 4.98 Å². The van der Waals surface area contributed by atoms with Crippen LogP contribution in [0.4, 0.5) is 5.82 Å². The lowest BCUT2D eigenvalue weighted by molar-refractivity contribution is -0.132. The fourth-order valence-corrected chi connectivity index (χ4v) is 2.27. The zero-order valence-electron chi connectivity index (χ0n) is 11.1. The molecule has 0 saturated carbocycles. The Morgan fingerprint density at radius 2 is 2.21 bits per heavy atom. The van der Waals surface area contributed by atoms with Gasteiger partial charge in [0.15, 0.2) is 0 Å². The van der Waals surface area contributed by atoms with E-state index in [0.717, 1.165) is 25.9 Å². The number of carbonyl (C=O) groups is 1. The average molecular weight is 258 g/mol. The van der Waals surface area contributed by atoms with Crippen LogP contribution >= 0.6 is 0 Å². The van der Waals surface area contributed by atoms with Gasteiger partial charge >= 0.3 is 0 Å². The highest BCUT2D eigenvalue weighted by molar-refractivity contribution is 5.84. The van der Waals surface area contributed by atoms with Gasteiger partial charge in [0.2, 0.25) is 5.91 Å². The van der Waals surface area contributed by atoms with E-state index in [1.165, 1.54) is 6.42 Å². The van der Waals surface area contributed by atoms with Crippen molar-refractivity contribution in [3.8, 4) is 6.07 Å². The standard InChI is InChI=1S/C14H18N4O/c1-11(14(19)18-8-3-2-4-9-18)17-13-12(10-15)6-5-7-16-13/h5-7,11H,2-4,8-9H2,1H3,(H,16,17). The quantitative estimate of drug-likeness (QED) is 0.897. The van der Waals surface area contributed by atoms with Gasteiger partial charge in [0, 0.05) is 19.3 Å². The molecular formula is C14H18N4O. The Morgan fingerprint density at radius 3 is 2.89 bits per heavy atom. The number of pyridine rings is 1. The average Bonchev–Trinajstić information content (AvgIpc) is 2.48. The SMILES string of the molecule is CC(Nc1ncccc1C#N)C(=O)N1CCCCC1.